The highest BCUT2D eigenvalue weighted by Gasteiger charge is 2.21. The summed E-state index contributed by atoms with van der Waals surface area (Å²) >= 11 is 0. The summed E-state index contributed by atoms with van der Waals surface area (Å²) < 4.78 is 0. The molecular weight excluding hydrogens is 134 g/mol. The maximum atomic E-state index is 10.2. The first kappa shape index (κ1) is 9.55. The van der Waals surface area contributed by atoms with E-state index in [1.54, 1.807) is 0 Å². The summed E-state index contributed by atoms with van der Waals surface area (Å²) in [6.07, 6.45) is 1.28. The van der Waals surface area contributed by atoms with Crippen molar-refractivity contribution in [1.29, 1.82) is 0 Å². The van der Waals surface area contributed by atoms with Gasteiger partial charge >= 0.3 is 0 Å². The number of aliphatic hydroxyl groups excluding tert-OH is 2. The molecule has 0 radical (unpaired) electrons. The third-order valence-electron chi connectivity index (χ3n) is 1.33. The first-order valence-electron chi connectivity index (χ1n) is 3.15. The van der Waals surface area contributed by atoms with Crippen molar-refractivity contribution in [2.24, 2.45) is 5.73 Å². The van der Waals surface area contributed by atoms with Gasteiger partial charge in [0.2, 0.25) is 0 Å². The van der Waals surface area contributed by atoms with Gasteiger partial charge in [-0.05, 0) is 12.8 Å². The molecule has 0 rings (SSSR count). The number of aldehydes is 1. The lowest BCUT2D eigenvalue weighted by Gasteiger charge is -2.18. The molecule has 0 amide bonds. The largest absolute Gasteiger partial charge is 0.396 e. The second kappa shape index (κ2) is 4.38. The van der Waals surface area contributed by atoms with Crippen LogP contribution in [0.1, 0.15) is 12.8 Å². The summed E-state index contributed by atoms with van der Waals surface area (Å²) in [5.41, 5.74) is 4.20. The number of nitrogens with two attached hydrogens (primary N) is 1. The van der Waals surface area contributed by atoms with Gasteiger partial charge < -0.3 is 20.7 Å². The van der Waals surface area contributed by atoms with E-state index in [2.05, 4.69) is 0 Å². The number of carbonyl (C=O) groups excluding carboxylic acids is 1. The summed E-state index contributed by atoms with van der Waals surface area (Å²) in [6.45, 7) is -0.372. The van der Waals surface area contributed by atoms with Crippen LogP contribution < -0.4 is 5.73 Å². The molecule has 0 aliphatic heterocycles. The van der Waals surface area contributed by atoms with Crippen molar-refractivity contribution in [3.8, 4) is 0 Å². The Morgan fingerprint density at radius 1 is 1.50 bits per heavy atom. The minimum absolute atomic E-state index is 0.00715. The number of hydrogen-bond donors (Lipinski definition) is 3. The highest BCUT2D eigenvalue weighted by molar-refractivity contribution is 5.63. The minimum atomic E-state index is -1.15. The van der Waals surface area contributed by atoms with Gasteiger partial charge in [0.25, 0.3) is 0 Å². The van der Waals surface area contributed by atoms with Gasteiger partial charge in [-0.15, -0.1) is 0 Å². The quantitative estimate of drug-likeness (QED) is 0.420. The predicted molar refractivity (Wildman–Crippen MR) is 36.4 cm³/mol. The van der Waals surface area contributed by atoms with Crippen molar-refractivity contribution >= 4 is 6.29 Å². The van der Waals surface area contributed by atoms with Crippen LogP contribution in [-0.4, -0.2) is 35.3 Å². The predicted octanol–water partition coefficient (Wildman–Crippen LogP) is -1.35. The van der Waals surface area contributed by atoms with Gasteiger partial charge in [-0.1, -0.05) is 0 Å². The number of aliphatic hydroxyl groups is 2. The first-order chi connectivity index (χ1) is 4.68. The lowest BCUT2D eigenvalue weighted by atomic mass is 9.98. The van der Waals surface area contributed by atoms with Crippen LogP contribution in [0.5, 0.6) is 0 Å². The molecule has 4 heteroatoms. The molecule has 4 nitrogen and oxygen atoms in total. The molecule has 60 valence electrons. The molecule has 0 saturated carbocycles. The van der Waals surface area contributed by atoms with E-state index in [4.69, 9.17) is 15.9 Å². The van der Waals surface area contributed by atoms with Crippen LogP contribution in [0.4, 0.5) is 0 Å². The normalized spacial score (nSPS) is 16.3. The second-order valence-corrected chi connectivity index (χ2v) is 2.34. The fourth-order valence-electron chi connectivity index (χ4n) is 0.583. The Kier molecular flexibility index (Phi) is 4.18. The van der Waals surface area contributed by atoms with Crippen molar-refractivity contribution in [2.45, 2.75) is 18.4 Å². The number of rotatable bonds is 5. The monoisotopic (exact) mass is 147 g/mol. The molecule has 0 bridgehead atoms. The molecule has 0 aromatic carbocycles. The average molecular weight is 147 g/mol. The Morgan fingerprint density at radius 3 is 2.40 bits per heavy atom. The first-order valence-corrected chi connectivity index (χ1v) is 3.15. The van der Waals surface area contributed by atoms with Crippen LogP contribution in [0.3, 0.4) is 0 Å². The Labute approximate surface area is 59.7 Å². The lowest BCUT2D eigenvalue weighted by molar-refractivity contribution is -0.113. The van der Waals surface area contributed by atoms with Gasteiger partial charge in [0.1, 0.15) is 6.29 Å². The zero-order chi connectivity index (χ0) is 8.04. The topological polar surface area (TPSA) is 83.6 Å². The molecule has 4 N–H and O–H groups in total. The number of hydrogen-bond acceptors (Lipinski definition) is 4. The highest BCUT2D eigenvalue weighted by atomic mass is 16.3. The molecule has 1 atom stereocenters. The van der Waals surface area contributed by atoms with E-state index in [0.717, 1.165) is 0 Å². The van der Waals surface area contributed by atoms with Gasteiger partial charge in [-0.2, -0.15) is 0 Å². The molecule has 0 spiro atoms. The summed E-state index contributed by atoms with van der Waals surface area (Å²) in [6, 6.07) is 0. The molecule has 0 aliphatic rings. The molecule has 0 saturated heterocycles. The molecule has 0 aromatic rings. The van der Waals surface area contributed by atoms with E-state index in [1.807, 2.05) is 0 Å². The maximum absolute atomic E-state index is 10.2. The summed E-state index contributed by atoms with van der Waals surface area (Å²) in [5.74, 6) is 0. The molecule has 0 fully saturated rings. The third-order valence-corrected chi connectivity index (χ3v) is 1.33. The Hall–Kier alpha value is -0.450. The summed E-state index contributed by atoms with van der Waals surface area (Å²) in [5, 5.41) is 16.9. The Morgan fingerprint density at radius 2 is 2.10 bits per heavy atom. The molecule has 1 unspecified atom stereocenters. The van der Waals surface area contributed by atoms with E-state index in [1.165, 1.54) is 0 Å². The smallest absolute Gasteiger partial charge is 0.142 e. The Bertz CT molecular complexity index is 107. The van der Waals surface area contributed by atoms with Crippen LogP contribution in [0.2, 0.25) is 0 Å². The van der Waals surface area contributed by atoms with Crippen LogP contribution in [0.15, 0.2) is 0 Å². The SMILES string of the molecule is NC(C=O)(CO)CCCO. The van der Waals surface area contributed by atoms with Crippen molar-refractivity contribution in [2.75, 3.05) is 13.2 Å². The van der Waals surface area contributed by atoms with E-state index in [0.29, 0.717) is 19.1 Å². The van der Waals surface area contributed by atoms with Crippen LogP contribution >= 0.6 is 0 Å². The van der Waals surface area contributed by atoms with Crippen LogP contribution in [-0.2, 0) is 4.79 Å². The molecule has 0 aromatic heterocycles. The van der Waals surface area contributed by atoms with E-state index < -0.39 is 5.54 Å². The lowest BCUT2D eigenvalue weighted by Crippen LogP contribution is -2.45. The van der Waals surface area contributed by atoms with Crippen molar-refractivity contribution < 1.29 is 15.0 Å². The average Bonchev–Trinajstić information content (AvgIpc) is 2.00. The van der Waals surface area contributed by atoms with Crippen molar-refractivity contribution in [1.82, 2.24) is 0 Å². The summed E-state index contributed by atoms with van der Waals surface area (Å²) in [4.78, 5) is 10.2. The van der Waals surface area contributed by atoms with Gasteiger partial charge in [0.05, 0.1) is 12.1 Å². The molecule has 0 heterocycles. The standard InChI is InChI=1S/C6H13NO3/c7-6(4-9,5-10)2-1-3-8/h4,8,10H,1-3,5,7H2. The Balaban J connectivity index is 3.68. The summed E-state index contributed by atoms with van der Waals surface area (Å²) in [7, 11) is 0. The van der Waals surface area contributed by atoms with E-state index in [-0.39, 0.29) is 13.2 Å². The maximum Gasteiger partial charge on any atom is 0.142 e. The van der Waals surface area contributed by atoms with Gasteiger partial charge in [0, 0.05) is 6.61 Å². The van der Waals surface area contributed by atoms with E-state index >= 15 is 0 Å². The molecule has 10 heavy (non-hydrogen) atoms. The fourth-order valence-corrected chi connectivity index (χ4v) is 0.583. The highest BCUT2D eigenvalue weighted by Crippen LogP contribution is 2.04. The fraction of sp³-hybridized carbons (Fsp3) is 0.833. The third kappa shape index (κ3) is 2.91. The number of carbonyl (C=O) groups is 1. The van der Waals surface area contributed by atoms with Gasteiger partial charge in [-0.25, -0.2) is 0 Å². The van der Waals surface area contributed by atoms with Crippen LogP contribution in [0, 0.1) is 0 Å². The van der Waals surface area contributed by atoms with Crippen molar-refractivity contribution in [3.63, 3.8) is 0 Å². The zero-order valence-electron chi connectivity index (χ0n) is 5.79. The molecular formula is C6H13NO3. The second-order valence-electron chi connectivity index (χ2n) is 2.34. The van der Waals surface area contributed by atoms with E-state index in [9.17, 15) is 4.79 Å². The van der Waals surface area contributed by atoms with Crippen molar-refractivity contribution in [3.05, 3.63) is 0 Å². The minimum Gasteiger partial charge on any atom is -0.396 e. The molecule has 0 aliphatic carbocycles. The van der Waals surface area contributed by atoms with Crippen LogP contribution in [0.25, 0.3) is 0 Å². The zero-order valence-corrected chi connectivity index (χ0v) is 5.79. The van der Waals surface area contributed by atoms with Gasteiger partial charge in [0.15, 0.2) is 0 Å². The van der Waals surface area contributed by atoms with Gasteiger partial charge in [-0.3, -0.25) is 0 Å².